The Balaban J connectivity index is 1.25. The third-order valence-electron chi connectivity index (χ3n) is 6.11. The number of nitrogens with one attached hydrogen (secondary N) is 1. The fourth-order valence-electron chi connectivity index (χ4n) is 4.33. The van der Waals surface area contributed by atoms with Crippen LogP contribution in [0, 0.1) is 0 Å². The van der Waals surface area contributed by atoms with Gasteiger partial charge in [-0.1, -0.05) is 18.2 Å². The van der Waals surface area contributed by atoms with Crippen molar-refractivity contribution < 1.29 is 9.59 Å². The van der Waals surface area contributed by atoms with Crippen molar-refractivity contribution in [2.75, 3.05) is 24.1 Å². The summed E-state index contributed by atoms with van der Waals surface area (Å²) in [5, 5.41) is 2.99. The Morgan fingerprint density at radius 1 is 1.13 bits per heavy atom. The molecule has 0 atom stereocenters. The molecular weight excluding hydrogens is 524 g/mol. The molecular formula is C23H26Br2N4O2. The summed E-state index contributed by atoms with van der Waals surface area (Å²) in [5.41, 5.74) is 9.82. The normalized spacial score (nSPS) is 16.8. The van der Waals surface area contributed by atoms with Gasteiger partial charge in [0.25, 0.3) is 0 Å². The van der Waals surface area contributed by atoms with Crippen LogP contribution in [0.25, 0.3) is 0 Å². The molecule has 2 aromatic carbocycles. The van der Waals surface area contributed by atoms with Gasteiger partial charge in [0.05, 0.1) is 5.69 Å². The number of nitrogens with two attached hydrogens (primary N) is 1. The second-order valence-corrected chi connectivity index (χ2v) is 9.86. The number of nitrogens with zero attached hydrogens (tertiary/aromatic N) is 2. The molecule has 2 aliphatic rings. The summed E-state index contributed by atoms with van der Waals surface area (Å²) in [6.07, 6.45) is 3.79. The number of likely N-dealkylation sites (tertiary alicyclic amines) is 1. The van der Waals surface area contributed by atoms with Gasteiger partial charge in [0.1, 0.15) is 0 Å². The first-order valence-corrected chi connectivity index (χ1v) is 12.2. The van der Waals surface area contributed by atoms with E-state index in [0.717, 1.165) is 51.4 Å². The monoisotopic (exact) mass is 548 g/mol. The Bertz CT molecular complexity index is 966. The molecule has 1 saturated heterocycles. The number of para-hydroxylation sites is 1. The molecule has 0 aromatic heterocycles. The summed E-state index contributed by atoms with van der Waals surface area (Å²) < 4.78 is 1.74. The smallest absolute Gasteiger partial charge is 0.322 e. The average molecular weight is 550 g/mol. The minimum atomic E-state index is -0.0377. The minimum Gasteiger partial charge on any atom is -0.397 e. The maximum absolute atomic E-state index is 12.7. The number of rotatable bonds is 5. The first-order chi connectivity index (χ1) is 14.9. The average Bonchev–Trinajstić information content (AvgIpc) is 2.77. The van der Waals surface area contributed by atoms with E-state index < -0.39 is 0 Å². The van der Waals surface area contributed by atoms with E-state index in [1.54, 1.807) is 0 Å². The Morgan fingerprint density at radius 3 is 2.52 bits per heavy atom. The van der Waals surface area contributed by atoms with Crippen LogP contribution < -0.4 is 11.1 Å². The number of hydrogen-bond donors (Lipinski definition) is 2. The van der Waals surface area contributed by atoms with E-state index >= 15 is 0 Å². The van der Waals surface area contributed by atoms with Crippen LogP contribution >= 0.6 is 31.9 Å². The molecule has 0 aliphatic carbocycles. The number of fused-ring (bicyclic) bond motifs is 1. The maximum Gasteiger partial charge on any atom is 0.322 e. The summed E-state index contributed by atoms with van der Waals surface area (Å²) in [6, 6.07) is 12.1. The molecule has 1 fully saturated rings. The number of carbonyl (C=O) groups excluding carboxylic acids is 2. The number of amides is 3. The lowest BCUT2D eigenvalue weighted by Gasteiger charge is -2.40. The predicted octanol–water partition coefficient (Wildman–Crippen LogP) is 5.16. The van der Waals surface area contributed by atoms with Crippen molar-refractivity contribution in [3.8, 4) is 0 Å². The highest BCUT2D eigenvalue weighted by Crippen LogP contribution is 2.30. The highest BCUT2D eigenvalue weighted by Gasteiger charge is 2.32. The second kappa shape index (κ2) is 9.61. The third kappa shape index (κ3) is 5.06. The van der Waals surface area contributed by atoms with Gasteiger partial charge in [-0.3, -0.25) is 4.79 Å². The highest BCUT2D eigenvalue weighted by atomic mass is 79.9. The topological polar surface area (TPSA) is 78.7 Å². The van der Waals surface area contributed by atoms with Gasteiger partial charge in [-0.25, -0.2) is 4.79 Å². The van der Waals surface area contributed by atoms with E-state index in [4.69, 9.17) is 5.73 Å². The first kappa shape index (κ1) is 22.1. The Kier molecular flexibility index (Phi) is 6.86. The number of anilines is 2. The molecule has 4 rings (SSSR count). The first-order valence-electron chi connectivity index (χ1n) is 10.6. The maximum atomic E-state index is 12.7. The summed E-state index contributed by atoms with van der Waals surface area (Å²) in [5.74, 6) is 0.195. The predicted molar refractivity (Wildman–Crippen MR) is 130 cm³/mol. The van der Waals surface area contributed by atoms with Crippen LogP contribution in [-0.2, 0) is 17.8 Å². The quantitative estimate of drug-likeness (QED) is 0.506. The number of benzene rings is 2. The summed E-state index contributed by atoms with van der Waals surface area (Å²) in [4.78, 5) is 29.1. The van der Waals surface area contributed by atoms with Crippen molar-refractivity contribution in [3.05, 3.63) is 56.5 Å². The van der Waals surface area contributed by atoms with Crippen molar-refractivity contribution >= 4 is 55.2 Å². The standard InChI is InChI=1S/C23H26Br2N4O2/c24-18-12-15(13-19(25)22(18)26)4-3-7-21(30)28-10-8-17(9-11-28)29-14-16-5-1-2-6-20(16)27-23(29)31/h1-2,5-6,12-13,17H,3-4,7-11,14,26H2,(H,27,31). The lowest BCUT2D eigenvalue weighted by atomic mass is 10.00. The third-order valence-corrected chi connectivity index (χ3v) is 7.43. The molecule has 31 heavy (non-hydrogen) atoms. The molecule has 0 bridgehead atoms. The second-order valence-electron chi connectivity index (χ2n) is 8.15. The van der Waals surface area contributed by atoms with Gasteiger partial charge < -0.3 is 20.9 Å². The molecule has 164 valence electrons. The van der Waals surface area contributed by atoms with E-state index in [9.17, 15) is 9.59 Å². The minimum absolute atomic E-state index is 0.0377. The molecule has 8 heteroatoms. The number of aryl methyl sites for hydroxylation is 1. The molecule has 0 saturated carbocycles. The number of halogens is 2. The number of nitrogen functional groups attached to an aromatic ring is 1. The van der Waals surface area contributed by atoms with Gasteiger partial charge in [-0.15, -0.1) is 0 Å². The van der Waals surface area contributed by atoms with Crippen molar-refractivity contribution in [2.45, 2.75) is 44.7 Å². The van der Waals surface area contributed by atoms with Crippen molar-refractivity contribution in [2.24, 2.45) is 0 Å². The van der Waals surface area contributed by atoms with E-state index in [1.807, 2.05) is 40.1 Å². The SMILES string of the molecule is Nc1c(Br)cc(CCCC(=O)N2CCC(N3Cc4ccccc4NC3=O)CC2)cc1Br. The molecule has 3 N–H and O–H groups in total. The summed E-state index contributed by atoms with van der Waals surface area (Å²) in [7, 11) is 0. The molecule has 0 unspecified atom stereocenters. The summed E-state index contributed by atoms with van der Waals surface area (Å²) in [6.45, 7) is 2.04. The van der Waals surface area contributed by atoms with Crippen LogP contribution in [0.15, 0.2) is 45.3 Å². The fraction of sp³-hybridized carbons (Fsp3) is 0.391. The molecule has 6 nitrogen and oxygen atoms in total. The molecule has 2 heterocycles. The van der Waals surface area contributed by atoms with Crippen LogP contribution in [0.4, 0.5) is 16.2 Å². The number of hydrogen-bond acceptors (Lipinski definition) is 3. The zero-order chi connectivity index (χ0) is 22.0. The van der Waals surface area contributed by atoms with Gasteiger partial charge in [0, 0.05) is 46.7 Å². The zero-order valence-corrected chi connectivity index (χ0v) is 20.4. The van der Waals surface area contributed by atoms with Gasteiger partial charge in [0.15, 0.2) is 0 Å². The lowest BCUT2D eigenvalue weighted by molar-refractivity contribution is -0.132. The van der Waals surface area contributed by atoms with Crippen LogP contribution in [0.5, 0.6) is 0 Å². The van der Waals surface area contributed by atoms with Crippen LogP contribution in [0.2, 0.25) is 0 Å². The zero-order valence-electron chi connectivity index (χ0n) is 17.2. The Labute approximate surface area is 199 Å². The van der Waals surface area contributed by atoms with Crippen molar-refractivity contribution in [3.63, 3.8) is 0 Å². The summed E-state index contributed by atoms with van der Waals surface area (Å²) >= 11 is 6.94. The largest absolute Gasteiger partial charge is 0.397 e. The van der Waals surface area contributed by atoms with Crippen LogP contribution in [0.3, 0.4) is 0 Å². The Hall–Kier alpha value is -2.06. The molecule has 2 aromatic rings. The molecule has 0 radical (unpaired) electrons. The lowest BCUT2D eigenvalue weighted by Crippen LogP contribution is -2.51. The van der Waals surface area contributed by atoms with E-state index in [2.05, 4.69) is 43.2 Å². The molecule has 0 spiro atoms. The van der Waals surface area contributed by atoms with Gasteiger partial charge in [0.2, 0.25) is 5.91 Å². The van der Waals surface area contributed by atoms with Crippen molar-refractivity contribution in [1.82, 2.24) is 9.80 Å². The van der Waals surface area contributed by atoms with Crippen LogP contribution in [0.1, 0.15) is 36.8 Å². The van der Waals surface area contributed by atoms with Gasteiger partial charge in [-0.2, -0.15) is 0 Å². The highest BCUT2D eigenvalue weighted by molar-refractivity contribution is 9.11. The van der Waals surface area contributed by atoms with E-state index in [-0.39, 0.29) is 18.0 Å². The number of carbonyl (C=O) groups is 2. The van der Waals surface area contributed by atoms with Gasteiger partial charge in [-0.05, 0) is 86.9 Å². The fourth-order valence-corrected chi connectivity index (χ4v) is 5.61. The number of piperidine rings is 1. The van der Waals surface area contributed by atoms with E-state index in [0.29, 0.717) is 31.7 Å². The molecule has 2 aliphatic heterocycles. The molecule has 3 amide bonds. The number of urea groups is 1. The van der Waals surface area contributed by atoms with Gasteiger partial charge >= 0.3 is 6.03 Å². The Morgan fingerprint density at radius 2 is 1.81 bits per heavy atom. The van der Waals surface area contributed by atoms with Crippen LogP contribution in [-0.4, -0.2) is 40.9 Å². The van der Waals surface area contributed by atoms with Crippen molar-refractivity contribution in [1.29, 1.82) is 0 Å². The van der Waals surface area contributed by atoms with E-state index in [1.165, 1.54) is 0 Å².